The summed E-state index contributed by atoms with van der Waals surface area (Å²) in [5.41, 5.74) is 4.09. The molecule has 0 atom stereocenters. The number of nitriles is 1. The predicted molar refractivity (Wildman–Crippen MR) is 91.6 cm³/mol. The van der Waals surface area contributed by atoms with Crippen molar-refractivity contribution in [1.82, 2.24) is 4.90 Å². The summed E-state index contributed by atoms with van der Waals surface area (Å²) >= 11 is 0. The Labute approximate surface area is 136 Å². The smallest absolute Gasteiger partial charge is 0.123 e. The zero-order valence-electron chi connectivity index (χ0n) is 13.7. The highest BCUT2D eigenvalue weighted by Crippen LogP contribution is 2.25. The first-order valence-corrected chi connectivity index (χ1v) is 7.56. The van der Waals surface area contributed by atoms with E-state index in [4.69, 9.17) is 0 Å². The van der Waals surface area contributed by atoms with Crippen LogP contribution in [0.3, 0.4) is 0 Å². The van der Waals surface area contributed by atoms with Crippen molar-refractivity contribution in [3.8, 4) is 6.07 Å². The Morgan fingerprint density at radius 1 is 1.30 bits per heavy atom. The Kier molecular flexibility index (Phi) is 5.48. The van der Waals surface area contributed by atoms with Gasteiger partial charge in [0.1, 0.15) is 5.82 Å². The van der Waals surface area contributed by atoms with E-state index in [-0.39, 0.29) is 5.82 Å². The number of hydrogen-bond acceptors (Lipinski definition) is 2. The molecule has 0 unspecified atom stereocenters. The van der Waals surface area contributed by atoms with Crippen molar-refractivity contribution in [3.05, 3.63) is 64.5 Å². The van der Waals surface area contributed by atoms with Crippen LogP contribution in [0.25, 0.3) is 0 Å². The lowest BCUT2D eigenvalue weighted by molar-refractivity contribution is 0.552. The van der Waals surface area contributed by atoms with E-state index < -0.39 is 0 Å². The molecule has 0 saturated heterocycles. The van der Waals surface area contributed by atoms with Crippen molar-refractivity contribution < 1.29 is 4.39 Å². The Morgan fingerprint density at radius 2 is 2.09 bits per heavy atom. The van der Waals surface area contributed by atoms with Crippen LogP contribution in [0.1, 0.15) is 29.2 Å². The minimum absolute atomic E-state index is 0.262. The van der Waals surface area contributed by atoms with Crippen LogP contribution in [-0.2, 0) is 6.42 Å². The average molecular weight is 309 g/mol. The molecule has 0 bridgehead atoms. The summed E-state index contributed by atoms with van der Waals surface area (Å²) < 4.78 is 13.3. The number of aliphatic imine (C=N–C) groups is 1. The monoisotopic (exact) mass is 309 g/mol. The summed E-state index contributed by atoms with van der Waals surface area (Å²) in [4.78, 5) is 6.40. The van der Waals surface area contributed by atoms with Crippen molar-refractivity contribution >= 4 is 12.0 Å². The molecule has 0 N–H and O–H groups in total. The second-order valence-corrected chi connectivity index (χ2v) is 5.53. The Bertz CT molecular complexity index is 760. The molecule has 0 saturated carbocycles. The number of hydrogen-bond donors (Lipinski definition) is 0. The van der Waals surface area contributed by atoms with Gasteiger partial charge in [0, 0.05) is 13.6 Å². The van der Waals surface area contributed by atoms with E-state index >= 15 is 0 Å². The van der Waals surface area contributed by atoms with E-state index in [1.807, 2.05) is 37.9 Å². The number of benzene rings is 2. The van der Waals surface area contributed by atoms with Gasteiger partial charge in [-0.05, 0) is 55.2 Å². The van der Waals surface area contributed by atoms with Gasteiger partial charge >= 0.3 is 0 Å². The lowest BCUT2D eigenvalue weighted by Crippen LogP contribution is -2.14. The second kappa shape index (κ2) is 7.55. The molecule has 0 heterocycles. The number of rotatable bonds is 5. The maximum absolute atomic E-state index is 13.3. The molecule has 0 spiro atoms. The fraction of sp³-hybridized carbons (Fsp3) is 0.263. The summed E-state index contributed by atoms with van der Waals surface area (Å²) in [5, 5.41) is 9.40. The fourth-order valence-electron chi connectivity index (χ4n) is 2.25. The molecule has 0 aromatic heterocycles. The average Bonchev–Trinajstić information content (AvgIpc) is 2.53. The molecule has 2 aromatic carbocycles. The standard InChI is InChI=1S/C19H20FN3/c1-4-23(3)13-22-19-11-17(12-21)16(8-14(19)2)9-15-6-5-7-18(20)10-15/h5-8,10-11,13H,4,9H2,1-3H3. The SMILES string of the molecule is CCN(C)C=Nc1cc(C#N)c(Cc2cccc(F)c2)cc1C. The summed E-state index contributed by atoms with van der Waals surface area (Å²) in [5.74, 6) is -0.262. The van der Waals surface area contributed by atoms with Crippen LogP contribution < -0.4 is 0 Å². The zero-order valence-corrected chi connectivity index (χ0v) is 13.7. The molecule has 0 aliphatic rings. The number of aryl methyl sites for hydroxylation is 1. The van der Waals surface area contributed by atoms with Gasteiger partial charge in [-0.1, -0.05) is 18.2 Å². The Hall–Kier alpha value is -2.67. The highest BCUT2D eigenvalue weighted by Gasteiger charge is 2.08. The number of nitrogens with zero attached hydrogens (tertiary/aromatic N) is 3. The number of halogens is 1. The van der Waals surface area contributed by atoms with Crippen LogP contribution in [0.4, 0.5) is 10.1 Å². The van der Waals surface area contributed by atoms with Crippen LogP contribution in [0.2, 0.25) is 0 Å². The van der Waals surface area contributed by atoms with Gasteiger partial charge in [-0.3, -0.25) is 0 Å². The Morgan fingerprint density at radius 3 is 2.74 bits per heavy atom. The fourth-order valence-corrected chi connectivity index (χ4v) is 2.25. The first-order valence-electron chi connectivity index (χ1n) is 7.56. The van der Waals surface area contributed by atoms with Crippen molar-refractivity contribution in [2.45, 2.75) is 20.3 Å². The first-order chi connectivity index (χ1) is 11.0. The highest BCUT2D eigenvalue weighted by molar-refractivity contribution is 5.65. The van der Waals surface area contributed by atoms with Gasteiger partial charge in [-0.15, -0.1) is 0 Å². The summed E-state index contributed by atoms with van der Waals surface area (Å²) in [6.45, 7) is 4.88. The second-order valence-electron chi connectivity index (χ2n) is 5.53. The van der Waals surface area contributed by atoms with Gasteiger partial charge in [0.25, 0.3) is 0 Å². The Balaban J connectivity index is 2.33. The van der Waals surface area contributed by atoms with Crippen molar-refractivity contribution in [2.24, 2.45) is 4.99 Å². The molecule has 118 valence electrons. The van der Waals surface area contributed by atoms with Gasteiger partial charge in [-0.2, -0.15) is 5.26 Å². The van der Waals surface area contributed by atoms with Crippen molar-refractivity contribution in [1.29, 1.82) is 5.26 Å². The van der Waals surface area contributed by atoms with Crippen LogP contribution >= 0.6 is 0 Å². The molecule has 0 fully saturated rings. The van der Waals surface area contributed by atoms with E-state index in [2.05, 4.69) is 11.1 Å². The van der Waals surface area contributed by atoms with Crippen molar-refractivity contribution in [2.75, 3.05) is 13.6 Å². The predicted octanol–water partition coefficient (Wildman–Crippen LogP) is 4.21. The third-order valence-electron chi connectivity index (χ3n) is 3.72. The van der Waals surface area contributed by atoms with E-state index in [0.29, 0.717) is 12.0 Å². The van der Waals surface area contributed by atoms with Crippen molar-refractivity contribution in [3.63, 3.8) is 0 Å². The molecular weight excluding hydrogens is 289 g/mol. The molecule has 0 radical (unpaired) electrons. The minimum atomic E-state index is -0.262. The third kappa shape index (κ3) is 4.40. The third-order valence-corrected chi connectivity index (χ3v) is 3.72. The zero-order chi connectivity index (χ0) is 16.8. The lowest BCUT2D eigenvalue weighted by Gasteiger charge is -2.11. The van der Waals surface area contributed by atoms with Gasteiger partial charge in [-0.25, -0.2) is 9.38 Å². The van der Waals surface area contributed by atoms with E-state index in [1.54, 1.807) is 18.5 Å². The molecule has 0 aliphatic heterocycles. The molecule has 4 heteroatoms. The maximum atomic E-state index is 13.3. The molecule has 0 amide bonds. The molecule has 2 rings (SSSR count). The van der Waals surface area contributed by atoms with E-state index in [1.165, 1.54) is 12.1 Å². The molecule has 3 nitrogen and oxygen atoms in total. The van der Waals surface area contributed by atoms with Crippen LogP contribution in [-0.4, -0.2) is 24.8 Å². The maximum Gasteiger partial charge on any atom is 0.123 e. The van der Waals surface area contributed by atoms with Gasteiger partial charge in [0.2, 0.25) is 0 Å². The molecule has 23 heavy (non-hydrogen) atoms. The van der Waals surface area contributed by atoms with Crippen LogP contribution in [0, 0.1) is 24.1 Å². The van der Waals surface area contributed by atoms with Crippen LogP contribution in [0.15, 0.2) is 41.4 Å². The quantitative estimate of drug-likeness (QED) is 0.613. The molecule has 2 aromatic rings. The van der Waals surface area contributed by atoms with Gasteiger partial charge < -0.3 is 4.90 Å². The lowest BCUT2D eigenvalue weighted by atomic mass is 9.97. The van der Waals surface area contributed by atoms with Gasteiger partial charge in [0.15, 0.2) is 0 Å². The summed E-state index contributed by atoms with van der Waals surface area (Å²) in [7, 11) is 1.95. The minimum Gasteiger partial charge on any atom is -0.366 e. The summed E-state index contributed by atoms with van der Waals surface area (Å²) in [6.07, 6.45) is 2.29. The van der Waals surface area contributed by atoms with Crippen LogP contribution in [0.5, 0.6) is 0 Å². The van der Waals surface area contributed by atoms with Gasteiger partial charge in [0.05, 0.1) is 23.7 Å². The summed E-state index contributed by atoms with van der Waals surface area (Å²) in [6, 6.07) is 12.4. The topological polar surface area (TPSA) is 39.4 Å². The first kappa shape index (κ1) is 16.7. The largest absolute Gasteiger partial charge is 0.366 e. The highest BCUT2D eigenvalue weighted by atomic mass is 19.1. The normalized spacial score (nSPS) is 10.7. The molecular formula is C19H20FN3. The van der Waals surface area contributed by atoms with E-state index in [0.717, 1.165) is 28.9 Å². The molecule has 0 aliphatic carbocycles. The van der Waals surface area contributed by atoms with E-state index in [9.17, 15) is 9.65 Å².